The van der Waals surface area contributed by atoms with Crippen molar-refractivity contribution in [1.29, 1.82) is 0 Å². The zero-order chi connectivity index (χ0) is 6.41. The second-order valence-electron chi connectivity index (χ2n) is 1.55. The van der Waals surface area contributed by atoms with Crippen LogP contribution in [-0.4, -0.2) is 17.7 Å². The van der Waals surface area contributed by atoms with E-state index < -0.39 is 5.97 Å². The topological polar surface area (TPSA) is 57.2 Å². The number of carbonyl (C=O) groups is 1. The SMILES string of the molecule is [O]C(=O)CCCCO. The van der Waals surface area contributed by atoms with Gasteiger partial charge in [-0.25, -0.2) is 9.90 Å². The molecule has 47 valence electrons. The van der Waals surface area contributed by atoms with Crippen molar-refractivity contribution in [3.8, 4) is 0 Å². The molecule has 0 spiro atoms. The third-order valence-electron chi connectivity index (χ3n) is 0.789. The van der Waals surface area contributed by atoms with Gasteiger partial charge in [0.1, 0.15) is 0 Å². The first-order chi connectivity index (χ1) is 3.77. The molecular formula is C5H9O3. The van der Waals surface area contributed by atoms with Crippen LogP contribution in [0.15, 0.2) is 0 Å². The predicted octanol–water partition coefficient (Wildman–Crippen LogP) is 0.106. The highest BCUT2D eigenvalue weighted by molar-refractivity contribution is 5.66. The summed E-state index contributed by atoms with van der Waals surface area (Å²) in [5.41, 5.74) is 0. The Labute approximate surface area is 47.9 Å². The predicted molar refractivity (Wildman–Crippen MR) is 26.6 cm³/mol. The van der Waals surface area contributed by atoms with Gasteiger partial charge in [-0.1, -0.05) is 0 Å². The number of aliphatic hydroxyl groups excluding tert-OH is 1. The lowest BCUT2D eigenvalue weighted by molar-refractivity contribution is -0.143. The maximum absolute atomic E-state index is 9.68. The second kappa shape index (κ2) is 4.59. The van der Waals surface area contributed by atoms with Crippen LogP contribution < -0.4 is 0 Å². The van der Waals surface area contributed by atoms with E-state index in [0.717, 1.165) is 0 Å². The van der Waals surface area contributed by atoms with Gasteiger partial charge in [0.25, 0.3) is 0 Å². The zero-order valence-corrected chi connectivity index (χ0v) is 4.59. The van der Waals surface area contributed by atoms with Crippen molar-refractivity contribution in [2.24, 2.45) is 0 Å². The van der Waals surface area contributed by atoms with Gasteiger partial charge in [-0.15, -0.1) is 0 Å². The quantitative estimate of drug-likeness (QED) is 0.531. The molecule has 0 atom stereocenters. The van der Waals surface area contributed by atoms with Crippen LogP contribution in [-0.2, 0) is 9.90 Å². The Morgan fingerprint density at radius 2 is 2.00 bits per heavy atom. The van der Waals surface area contributed by atoms with E-state index in [1.54, 1.807) is 0 Å². The molecule has 1 radical (unpaired) electrons. The standard InChI is InChI=1S/C5H9O3/c6-4-2-1-3-5(7)8/h6H,1-4H2. The Morgan fingerprint density at radius 1 is 1.38 bits per heavy atom. The highest BCUT2D eigenvalue weighted by Gasteiger charge is 1.96. The third kappa shape index (κ3) is 5.43. The van der Waals surface area contributed by atoms with E-state index in [9.17, 15) is 9.90 Å². The number of unbranched alkanes of at least 4 members (excludes halogenated alkanes) is 1. The van der Waals surface area contributed by atoms with E-state index >= 15 is 0 Å². The molecule has 0 aromatic heterocycles. The lowest BCUT2D eigenvalue weighted by Gasteiger charge is -1.87. The van der Waals surface area contributed by atoms with Crippen molar-refractivity contribution in [2.45, 2.75) is 19.3 Å². The van der Waals surface area contributed by atoms with Gasteiger partial charge < -0.3 is 5.11 Å². The molecule has 3 nitrogen and oxygen atoms in total. The summed E-state index contributed by atoms with van der Waals surface area (Å²) in [6.45, 7) is 0.0628. The first-order valence-electron chi connectivity index (χ1n) is 2.58. The van der Waals surface area contributed by atoms with Crippen LogP contribution in [0.3, 0.4) is 0 Å². The Hall–Kier alpha value is -0.570. The van der Waals surface area contributed by atoms with E-state index in [0.29, 0.717) is 12.8 Å². The minimum Gasteiger partial charge on any atom is -0.396 e. The average molecular weight is 117 g/mol. The smallest absolute Gasteiger partial charge is 0.355 e. The zero-order valence-electron chi connectivity index (χ0n) is 4.59. The number of carbonyl (C=O) groups excluding carboxylic acids is 1. The fourth-order valence-electron chi connectivity index (χ4n) is 0.381. The molecule has 3 heteroatoms. The molecular weight excluding hydrogens is 108 g/mol. The van der Waals surface area contributed by atoms with Crippen molar-refractivity contribution in [3.05, 3.63) is 0 Å². The lowest BCUT2D eigenvalue weighted by Crippen LogP contribution is -1.92. The largest absolute Gasteiger partial charge is 0.396 e. The summed E-state index contributed by atoms with van der Waals surface area (Å²) >= 11 is 0. The normalized spacial score (nSPS) is 9.12. The molecule has 0 saturated carbocycles. The number of hydrogen-bond donors (Lipinski definition) is 1. The molecule has 0 saturated heterocycles. The molecule has 0 aromatic carbocycles. The summed E-state index contributed by atoms with van der Waals surface area (Å²) < 4.78 is 0. The molecule has 0 fully saturated rings. The molecule has 0 aliphatic carbocycles. The molecule has 0 heterocycles. The van der Waals surface area contributed by atoms with Gasteiger partial charge in [-0.2, -0.15) is 0 Å². The average Bonchev–Trinajstić information content (AvgIpc) is 1.66. The van der Waals surface area contributed by atoms with Gasteiger partial charge in [0.05, 0.1) is 6.42 Å². The molecule has 0 rings (SSSR count). The van der Waals surface area contributed by atoms with E-state index in [2.05, 4.69) is 0 Å². The van der Waals surface area contributed by atoms with Crippen LogP contribution in [0.2, 0.25) is 0 Å². The second-order valence-corrected chi connectivity index (χ2v) is 1.55. The maximum Gasteiger partial charge on any atom is 0.355 e. The Kier molecular flexibility index (Phi) is 4.26. The third-order valence-corrected chi connectivity index (χ3v) is 0.789. The summed E-state index contributed by atoms with van der Waals surface area (Å²) in [6, 6.07) is 0. The number of rotatable bonds is 4. The molecule has 1 N–H and O–H groups in total. The van der Waals surface area contributed by atoms with Crippen molar-refractivity contribution in [3.63, 3.8) is 0 Å². The van der Waals surface area contributed by atoms with Crippen molar-refractivity contribution in [1.82, 2.24) is 0 Å². The van der Waals surface area contributed by atoms with E-state index in [-0.39, 0.29) is 13.0 Å². The van der Waals surface area contributed by atoms with E-state index in [1.807, 2.05) is 0 Å². The summed E-state index contributed by atoms with van der Waals surface area (Å²) in [5, 5.41) is 17.8. The van der Waals surface area contributed by atoms with Crippen LogP contribution in [0.1, 0.15) is 19.3 Å². The minimum atomic E-state index is -1.04. The van der Waals surface area contributed by atoms with Gasteiger partial charge in [0.2, 0.25) is 0 Å². The Bertz CT molecular complexity index is 70.1. The van der Waals surface area contributed by atoms with Crippen LogP contribution in [0.5, 0.6) is 0 Å². The summed E-state index contributed by atoms with van der Waals surface area (Å²) in [7, 11) is 0. The van der Waals surface area contributed by atoms with Crippen LogP contribution in [0.25, 0.3) is 0 Å². The van der Waals surface area contributed by atoms with Gasteiger partial charge in [-0.05, 0) is 12.8 Å². The molecule has 0 amide bonds. The number of aliphatic hydroxyl groups is 1. The number of hydrogen-bond acceptors (Lipinski definition) is 2. The molecule has 0 aromatic rings. The van der Waals surface area contributed by atoms with Gasteiger partial charge in [0.15, 0.2) is 0 Å². The van der Waals surface area contributed by atoms with Crippen LogP contribution in [0, 0.1) is 0 Å². The first-order valence-corrected chi connectivity index (χ1v) is 2.58. The molecule has 0 aliphatic heterocycles. The molecule has 0 aliphatic rings. The van der Waals surface area contributed by atoms with Crippen LogP contribution in [0.4, 0.5) is 0 Å². The molecule has 0 unspecified atom stereocenters. The summed E-state index contributed by atoms with van der Waals surface area (Å²) in [6.07, 6.45) is 1.12. The summed E-state index contributed by atoms with van der Waals surface area (Å²) in [4.78, 5) is 9.68. The highest BCUT2D eigenvalue weighted by atomic mass is 16.4. The van der Waals surface area contributed by atoms with Gasteiger partial charge in [-0.3, -0.25) is 0 Å². The van der Waals surface area contributed by atoms with Gasteiger partial charge in [0, 0.05) is 6.61 Å². The first kappa shape index (κ1) is 7.43. The van der Waals surface area contributed by atoms with Crippen LogP contribution >= 0.6 is 0 Å². The monoisotopic (exact) mass is 117 g/mol. The molecule has 0 bridgehead atoms. The highest BCUT2D eigenvalue weighted by Crippen LogP contribution is 1.92. The Balaban J connectivity index is 2.82. The minimum absolute atomic E-state index is 0.0561. The maximum atomic E-state index is 9.68. The van der Waals surface area contributed by atoms with E-state index in [1.165, 1.54) is 0 Å². The van der Waals surface area contributed by atoms with Crippen molar-refractivity contribution >= 4 is 5.97 Å². The lowest BCUT2D eigenvalue weighted by atomic mass is 10.2. The fraction of sp³-hybridized carbons (Fsp3) is 0.800. The van der Waals surface area contributed by atoms with Gasteiger partial charge >= 0.3 is 5.97 Å². The summed E-state index contributed by atoms with van der Waals surface area (Å²) in [5.74, 6) is -1.04. The van der Waals surface area contributed by atoms with Crippen molar-refractivity contribution < 1.29 is 15.0 Å². The molecule has 8 heavy (non-hydrogen) atoms. The van der Waals surface area contributed by atoms with E-state index in [4.69, 9.17) is 5.11 Å². The Morgan fingerprint density at radius 3 is 2.38 bits per heavy atom. The van der Waals surface area contributed by atoms with Crippen molar-refractivity contribution in [2.75, 3.05) is 6.61 Å². The fourth-order valence-corrected chi connectivity index (χ4v) is 0.381.